The van der Waals surface area contributed by atoms with Crippen molar-refractivity contribution in [2.24, 2.45) is 5.73 Å². The van der Waals surface area contributed by atoms with Crippen LogP contribution in [0.5, 0.6) is 0 Å². The lowest BCUT2D eigenvalue weighted by atomic mass is 9.99. The monoisotopic (exact) mass is 301 g/mol. The summed E-state index contributed by atoms with van der Waals surface area (Å²) in [6.45, 7) is -1.47. The summed E-state index contributed by atoms with van der Waals surface area (Å²) in [4.78, 5) is 4.03. The number of ether oxygens (including phenoxy) is 1. The van der Waals surface area contributed by atoms with Crippen LogP contribution in [0.1, 0.15) is 23.2 Å². The van der Waals surface area contributed by atoms with E-state index in [0.717, 1.165) is 5.56 Å². The van der Waals surface area contributed by atoms with Gasteiger partial charge in [0.2, 0.25) is 5.89 Å². The van der Waals surface area contributed by atoms with Gasteiger partial charge in [-0.3, -0.25) is 0 Å². The van der Waals surface area contributed by atoms with Crippen molar-refractivity contribution in [2.45, 2.75) is 18.7 Å². The predicted molar refractivity (Wildman–Crippen MR) is 67.3 cm³/mol. The number of halogens is 3. The fourth-order valence-corrected chi connectivity index (χ4v) is 1.79. The first kappa shape index (κ1) is 15.5. The molecule has 8 heteroatoms. The molecule has 1 aromatic heterocycles. The largest absolute Gasteiger partial charge is 0.411 e. The molecule has 21 heavy (non-hydrogen) atoms. The summed E-state index contributed by atoms with van der Waals surface area (Å²) < 4.78 is 45.4. The van der Waals surface area contributed by atoms with Crippen molar-refractivity contribution in [2.75, 3.05) is 13.2 Å². The quantitative estimate of drug-likeness (QED) is 0.885. The minimum atomic E-state index is -4.38. The van der Waals surface area contributed by atoms with Crippen LogP contribution in [0.3, 0.4) is 0 Å². The second kappa shape index (κ2) is 6.68. The fourth-order valence-electron chi connectivity index (χ4n) is 1.79. The van der Waals surface area contributed by atoms with Crippen molar-refractivity contribution in [3.63, 3.8) is 0 Å². The van der Waals surface area contributed by atoms with E-state index in [2.05, 4.69) is 14.9 Å². The lowest BCUT2D eigenvalue weighted by Crippen LogP contribution is -2.17. The summed E-state index contributed by atoms with van der Waals surface area (Å²) in [6.07, 6.45) is -4.38. The van der Waals surface area contributed by atoms with E-state index in [-0.39, 0.29) is 30.8 Å². The van der Waals surface area contributed by atoms with E-state index in [1.165, 1.54) is 0 Å². The zero-order valence-corrected chi connectivity index (χ0v) is 11.0. The van der Waals surface area contributed by atoms with E-state index < -0.39 is 12.8 Å². The first-order valence-corrected chi connectivity index (χ1v) is 6.21. The third-order valence-electron chi connectivity index (χ3n) is 2.72. The maximum atomic E-state index is 12.0. The molecule has 0 bridgehead atoms. The Morgan fingerprint density at radius 2 is 1.95 bits per heavy atom. The van der Waals surface area contributed by atoms with Gasteiger partial charge in [-0.1, -0.05) is 35.5 Å². The highest BCUT2D eigenvalue weighted by Gasteiger charge is 2.28. The number of nitrogens with zero attached hydrogens (tertiary/aromatic N) is 2. The predicted octanol–water partition coefficient (Wildman–Crippen LogP) is 2.24. The van der Waals surface area contributed by atoms with Gasteiger partial charge in [0.15, 0.2) is 5.82 Å². The van der Waals surface area contributed by atoms with Gasteiger partial charge in [-0.25, -0.2) is 0 Å². The van der Waals surface area contributed by atoms with Crippen molar-refractivity contribution >= 4 is 0 Å². The van der Waals surface area contributed by atoms with E-state index in [1.807, 2.05) is 30.3 Å². The van der Waals surface area contributed by atoms with Crippen LogP contribution in [0.2, 0.25) is 0 Å². The Labute approximate surface area is 118 Å². The molecule has 2 rings (SSSR count). The van der Waals surface area contributed by atoms with Crippen LogP contribution in [0.4, 0.5) is 13.2 Å². The maximum Gasteiger partial charge on any atom is 0.411 e. The number of rotatable bonds is 6. The normalized spacial score (nSPS) is 13.3. The number of hydrogen-bond donors (Lipinski definition) is 1. The van der Waals surface area contributed by atoms with Crippen LogP contribution in [-0.4, -0.2) is 29.5 Å². The van der Waals surface area contributed by atoms with Crippen molar-refractivity contribution in [3.05, 3.63) is 47.6 Å². The Kier molecular flexibility index (Phi) is 4.92. The zero-order chi connectivity index (χ0) is 15.3. The molecule has 114 valence electrons. The molecule has 0 radical (unpaired) electrons. The van der Waals surface area contributed by atoms with Crippen molar-refractivity contribution in [3.8, 4) is 0 Å². The van der Waals surface area contributed by atoms with Crippen molar-refractivity contribution in [1.82, 2.24) is 10.1 Å². The molecule has 1 aromatic carbocycles. The number of aromatic nitrogens is 2. The number of benzene rings is 1. The van der Waals surface area contributed by atoms with Crippen LogP contribution in [0, 0.1) is 0 Å². The fraction of sp³-hybridized carbons (Fsp3) is 0.385. The molecule has 0 saturated carbocycles. The molecular weight excluding hydrogens is 287 g/mol. The Balaban J connectivity index is 2.01. The third kappa shape index (κ3) is 4.54. The summed E-state index contributed by atoms with van der Waals surface area (Å²) in [5.41, 5.74) is 6.59. The van der Waals surface area contributed by atoms with E-state index in [1.54, 1.807) is 0 Å². The Morgan fingerprint density at radius 3 is 2.57 bits per heavy atom. The zero-order valence-electron chi connectivity index (χ0n) is 11.0. The second-order valence-corrected chi connectivity index (χ2v) is 4.36. The van der Waals surface area contributed by atoms with Crippen LogP contribution < -0.4 is 5.73 Å². The molecule has 0 amide bonds. The van der Waals surface area contributed by atoms with Gasteiger partial charge < -0.3 is 15.0 Å². The van der Waals surface area contributed by atoms with Crippen LogP contribution in [-0.2, 0) is 11.3 Å². The van der Waals surface area contributed by atoms with Gasteiger partial charge in [0.1, 0.15) is 13.2 Å². The van der Waals surface area contributed by atoms with Crippen molar-refractivity contribution in [1.29, 1.82) is 0 Å². The SMILES string of the molecule is NCC(c1ccccc1)c1nc(COCC(F)(F)F)no1. The Hall–Kier alpha value is -1.93. The molecular formula is C13H14F3N3O2. The molecule has 0 fully saturated rings. The van der Waals surface area contributed by atoms with Gasteiger partial charge in [-0.05, 0) is 5.56 Å². The first-order valence-electron chi connectivity index (χ1n) is 6.21. The highest BCUT2D eigenvalue weighted by Crippen LogP contribution is 2.22. The van der Waals surface area contributed by atoms with Crippen LogP contribution >= 0.6 is 0 Å². The van der Waals surface area contributed by atoms with E-state index in [4.69, 9.17) is 10.3 Å². The molecule has 1 heterocycles. The van der Waals surface area contributed by atoms with Gasteiger partial charge in [-0.15, -0.1) is 0 Å². The van der Waals surface area contributed by atoms with Crippen LogP contribution in [0.25, 0.3) is 0 Å². The number of nitrogens with two attached hydrogens (primary N) is 1. The smallest absolute Gasteiger partial charge is 0.364 e. The highest BCUT2D eigenvalue weighted by molar-refractivity contribution is 5.24. The Bertz CT molecular complexity index is 557. The lowest BCUT2D eigenvalue weighted by molar-refractivity contribution is -0.177. The summed E-state index contributed by atoms with van der Waals surface area (Å²) in [5.74, 6) is 0.0213. The van der Waals surface area contributed by atoms with E-state index in [9.17, 15) is 13.2 Å². The van der Waals surface area contributed by atoms with Crippen LogP contribution in [0.15, 0.2) is 34.9 Å². The number of hydrogen-bond acceptors (Lipinski definition) is 5. The maximum absolute atomic E-state index is 12.0. The van der Waals surface area contributed by atoms with E-state index in [0.29, 0.717) is 0 Å². The minimum absolute atomic E-state index is 0.0589. The molecule has 5 nitrogen and oxygen atoms in total. The minimum Gasteiger partial charge on any atom is -0.364 e. The van der Waals surface area contributed by atoms with Gasteiger partial charge in [-0.2, -0.15) is 18.2 Å². The van der Waals surface area contributed by atoms with Crippen molar-refractivity contribution < 1.29 is 22.4 Å². The number of alkyl halides is 3. The third-order valence-corrected chi connectivity index (χ3v) is 2.72. The van der Waals surface area contributed by atoms with Gasteiger partial charge >= 0.3 is 6.18 Å². The lowest BCUT2D eigenvalue weighted by Gasteiger charge is -2.09. The molecule has 0 aliphatic rings. The average molecular weight is 301 g/mol. The summed E-state index contributed by atoms with van der Waals surface area (Å²) in [7, 11) is 0. The first-order chi connectivity index (χ1) is 9.99. The molecule has 2 N–H and O–H groups in total. The molecule has 0 aliphatic carbocycles. The molecule has 1 atom stereocenters. The molecule has 1 unspecified atom stereocenters. The van der Waals surface area contributed by atoms with E-state index >= 15 is 0 Å². The summed E-state index contributed by atoms with van der Waals surface area (Å²) in [5, 5.41) is 3.60. The molecule has 2 aromatic rings. The molecule has 0 saturated heterocycles. The summed E-state index contributed by atoms with van der Waals surface area (Å²) in [6, 6.07) is 9.29. The summed E-state index contributed by atoms with van der Waals surface area (Å²) >= 11 is 0. The average Bonchev–Trinajstić information content (AvgIpc) is 2.88. The standard InChI is InChI=1S/C13H14F3N3O2/c14-13(15,16)8-20-7-11-18-12(21-19-11)10(6-17)9-4-2-1-3-5-9/h1-5,10H,6-8,17H2. The highest BCUT2D eigenvalue weighted by atomic mass is 19.4. The van der Waals surface area contributed by atoms with Gasteiger partial charge in [0, 0.05) is 6.54 Å². The Morgan fingerprint density at radius 1 is 1.24 bits per heavy atom. The second-order valence-electron chi connectivity index (χ2n) is 4.36. The topological polar surface area (TPSA) is 74.2 Å². The van der Waals surface area contributed by atoms with Gasteiger partial charge in [0.05, 0.1) is 5.92 Å². The van der Waals surface area contributed by atoms with Gasteiger partial charge in [0.25, 0.3) is 0 Å². The molecule has 0 aliphatic heterocycles. The molecule has 0 spiro atoms.